The quantitative estimate of drug-likeness (QED) is 0.197. The lowest BCUT2D eigenvalue weighted by molar-refractivity contribution is -0.199. The second-order valence-electron chi connectivity index (χ2n) is 8.81. The molecule has 2 rings (SSSR count). The van der Waals surface area contributed by atoms with Crippen molar-refractivity contribution >= 4 is 23.2 Å². The molecule has 2 aliphatic carbocycles. The standard InChI is InChI=1S/C25H37Cl2NO4/c1-4-6-7-8-9-19(5-2)22(23(26)27)18(3)28(24(31)14-10-20(29)11-15-24)25(32)16-12-21(30)13-17-25/h10-14,16,18-19,29-32H,4-9,15,17H2,1-3H3. The Labute approximate surface area is 202 Å². The van der Waals surface area contributed by atoms with Crippen LogP contribution in [0.1, 0.15) is 72.1 Å². The number of hydrogen-bond acceptors (Lipinski definition) is 5. The molecule has 0 saturated carbocycles. The first-order valence-corrected chi connectivity index (χ1v) is 12.3. The van der Waals surface area contributed by atoms with Crippen LogP contribution in [0.5, 0.6) is 0 Å². The lowest BCUT2D eigenvalue weighted by Crippen LogP contribution is -2.64. The predicted molar refractivity (Wildman–Crippen MR) is 131 cm³/mol. The molecule has 32 heavy (non-hydrogen) atoms. The maximum absolute atomic E-state index is 11.6. The summed E-state index contributed by atoms with van der Waals surface area (Å²) >= 11 is 12.9. The minimum absolute atomic E-state index is 0.0551. The zero-order valence-electron chi connectivity index (χ0n) is 19.3. The molecule has 7 heteroatoms. The maximum Gasteiger partial charge on any atom is 0.144 e. The molecule has 2 aliphatic rings. The van der Waals surface area contributed by atoms with Gasteiger partial charge in [-0.15, -0.1) is 0 Å². The number of unbranched alkanes of at least 4 members (excludes halogenated alkanes) is 3. The van der Waals surface area contributed by atoms with Crippen molar-refractivity contribution in [1.29, 1.82) is 0 Å². The van der Waals surface area contributed by atoms with Gasteiger partial charge in [-0.25, -0.2) is 4.90 Å². The summed E-state index contributed by atoms with van der Waals surface area (Å²) in [5, 5.41) is 42.9. The highest BCUT2D eigenvalue weighted by Crippen LogP contribution is 2.42. The van der Waals surface area contributed by atoms with E-state index in [2.05, 4.69) is 13.8 Å². The van der Waals surface area contributed by atoms with Crippen molar-refractivity contribution in [1.82, 2.24) is 4.90 Å². The molecule has 0 radical (unpaired) electrons. The van der Waals surface area contributed by atoms with Crippen molar-refractivity contribution in [3.8, 4) is 0 Å². The molecule has 5 nitrogen and oxygen atoms in total. The van der Waals surface area contributed by atoms with Crippen molar-refractivity contribution in [2.45, 2.75) is 89.6 Å². The van der Waals surface area contributed by atoms with Crippen molar-refractivity contribution in [3.63, 3.8) is 0 Å². The Morgan fingerprint density at radius 3 is 1.88 bits per heavy atom. The van der Waals surface area contributed by atoms with Crippen LogP contribution in [0.2, 0.25) is 0 Å². The van der Waals surface area contributed by atoms with Crippen LogP contribution in [0.4, 0.5) is 0 Å². The van der Waals surface area contributed by atoms with Crippen LogP contribution in [-0.4, -0.2) is 42.8 Å². The fourth-order valence-corrected chi connectivity index (χ4v) is 5.40. The molecule has 0 aromatic rings. The average Bonchev–Trinajstić information content (AvgIpc) is 2.74. The van der Waals surface area contributed by atoms with E-state index in [1.54, 1.807) is 4.90 Å². The molecule has 0 fully saturated rings. The van der Waals surface area contributed by atoms with Gasteiger partial charge in [-0.3, -0.25) is 0 Å². The van der Waals surface area contributed by atoms with Crippen LogP contribution in [-0.2, 0) is 0 Å². The zero-order valence-corrected chi connectivity index (χ0v) is 20.8. The monoisotopic (exact) mass is 485 g/mol. The molecule has 0 aromatic carbocycles. The normalized spacial score (nSPS) is 27.1. The molecular formula is C25H37Cl2NO4. The van der Waals surface area contributed by atoms with Gasteiger partial charge in [0.2, 0.25) is 0 Å². The third-order valence-corrected chi connectivity index (χ3v) is 6.93. The minimum atomic E-state index is -1.60. The second-order valence-corrected chi connectivity index (χ2v) is 9.76. The molecule has 180 valence electrons. The number of aliphatic hydroxyl groups excluding tert-OH is 2. The van der Waals surface area contributed by atoms with E-state index in [9.17, 15) is 20.4 Å². The largest absolute Gasteiger partial charge is 0.508 e. The Balaban J connectivity index is 2.46. The summed E-state index contributed by atoms with van der Waals surface area (Å²) in [6.45, 7) is 6.14. The SMILES string of the molecule is CCCCCCC(CC)C(=C(Cl)Cl)C(C)N(C1(O)C=CC(O)=CC1)C1(O)C=CC(O)=CC1. The Bertz CT molecular complexity index is 758. The molecule has 0 aromatic heterocycles. The molecule has 0 amide bonds. The van der Waals surface area contributed by atoms with E-state index >= 15 is 0 Å². The van der Waals surface area contributed by atoms with E-state index in [-0.39, 0.29) is 34.8 Å². The number of aliphatic hydroxyl groups is 4. The number of rotatable bonds is 11. The van der Waals surface area contributed by atoms with Crippen molar-refractivity contribution in [2.24, 2.45) is 5.92 Å². The van der Waals surface area contributed by atoms with Crippen molar-refractivity contribution in [2.75, 3.05) is 0 Å². The average molecular weight is 486 g/mol. The number of hydrogen-bond donors (Lipinski definition) is 4. The molecule has 0 aliphatic heterocycles. The summed E-state index contributed by atoms with van der Waals surface area (Å²) in [6, 6.07) is -0.525. The van der Waals surface area contributed by atoms with Crippen LogP contribution < -0.4 is 0 Å². The number of allylic oxidation sites excluding steroid dienone is 2. The Kier molecular flexibility index (Phi) is 9.92. The molecule has 0 saturated heterocycles. The van der Waals surface area contributed by atoms with Gasteiger partial charge >= 0.3 is 0 Å². The zero-order chi connectivity index (χ0) is 23.9. The first-order chi connectivity index (χ1) is 15.1. The van der Waals surface area contributed by atoms with Crippen LogP contribution in [0, 0.1) is 5.92 Å². The minimum Gasteiger partial charge on any atom is -0.508 e. The highest BCUT2D eigenvalue weighted by atomic mass is 35.5. The third kappa shape index (κ3) is 6.42. The number of nitrogens with zero attached hydrogens (tertiary/aromatic N) is 1. The summed E-state index contributed by atoms with van der Waals surface area (Å²) < 4.78 is 0.147. The maximum atomic E-state index is 11.6. The Morgan fingerprint density at radius 2 is 1.50 bits per heavy atom. The molecule has 4 N–H and O–H groups in total. The highest BCUT2D eigenvalue weighted by Gasteiger charge is 2.49. The van der Waals surface area contributed by atoms with E-state index in [1.807, 2.05) is 6.92 Å². The fourth-order valence-electron chi connectivity index (χ4n) is 4.77. The number of halogens is 2. The van der Waals surface area contributed by atoms with Gasteiger partial charge in [0.25, 0.3) is 0 Å². The van der Waals surface area contributed by atoms with Gasteiger partial charge in [0.15, 0.2) is 0 Å². The van der Waals surface area contributed by atoms with Gasteiger partial charge in [0.1, 0.15) is 27.5 Å². The molecule has 0 heterocycles. The third-order valence-electron chi connectivity index (χ3n) is 6.49. The summed E-state index contributed by atoms with van der Waals surface area (Å²) in [6.07, 6.45) is 15.2. The van der Waals surface area contributed by atoms with Crippen LogP contribution >= 0.6 is 23.2 Å². The molecule has 4 unspecified atom stereocenters. The molecule has 4 atom stereocenters. The molecular weight excluding hydrogens is 449 g/mol. The van der Waals surface area contributed by atoms with Gasteiger partial charge in [0, 0.05) is 18.9 Å². The van der Waals surface area contributed by atoms with E-state index < -0.39 is 17.5 Å². The predicted octanol–water partition coefficient (Wildman–Crippen LogP) is 6.54. The van der Waals surface area contributed by atoms with Gasteiger partial charge in [-0.1, -0.05) is 62.7 Å². The van der Waals surface area contributed by atoms with Crippen molar-refractivity contribution in [3.05, 3.63) is 58.0 Å². The first kappa shape index (κ1) is 27.0. The second kappa shape index (κ2) is 11.8. The van der Waals surface area contributed by atoms with Gasteiger partial charge in [0.05, 0.1) is 0 Å². The highest BCUT2D eigenvalue weighted by molar-refractivity contribution is 6.56. The van der Waals surface area contributed by atoms with Crippen LogP contribution in [0.25, 0.3) is 0 Å². The smallest absolute Gasteiger partial charge is 0.144 e. The van der Waals surface area contributed by atoms with E-state index in [4.69, 9.17) is 23.2 Å². The van der Waals surface area contributed by atoms with Gasteiger partial charge in [-0.2, -0.15) is 0 Å². The fraction of sp³-hybridized carbons (Fsp3) is 0.600. The van der Waals surface area contributed by atoms with Crippen LogP contribution in [0.15, 0.2) is 58.0 Å². The lowest BCUT2D eigenvalue weighted by Gasteiger charge is -2.51. The first-order valence-electron chi connectivity index (χ1n) is 11.5. The van der Waals surface area contributed by atoms with E-state index in [0.29, 0.717) is 0 Å². The van der Waals surface area contributed by atoms with Gasteiger partial charge in [-0.05, 0) is 67.7 Å². The Morgan fingerprint density at radius 1 is 0.969 bits per heavy atom. The molecule has 0 bridgehead atoms. The van der Waals surface area contributed by atoms with Gasteiger partial charge < -0.3 is 20.4 Å². The summed E-state index contributed by atoms with van der Waals surface area (Å²) in [4.78, 5) is 1.58. The van der Waals surface area contributed by atoms with Crippen molar-refractivity contribution < 1.29 is 20.4 Å². The topological polar surface area (TPSA) is 84.2 Å². The van der Waals surface area contributed by atoms with E-state index in [1.165, 1.54) is 42.9 Å². The van der Waals surface area contributed by atoms with Crippen LogP contribution in [0.3, 0.4) is 0 Å². The van der Waals surface area contributed by atoms with E-state index in [0.717, 1.165) is 37.7 Å². The molecule has 0 spiro atoms. The lowest BCUT2D eigenvalue weighted by atomic mass is 9.83. The Hall–Kier alpha value is -1.24. The summed E-state index contributed by atoms with van der Waals surface area (Å²) in [5.41, 5.74) is -2.42. The summed E-state index contributed by atoms with van der Waals surface area (Å²) in [7, 11) is 0. The summed E-state index contributed by atoms with van der Waals surface area (Å²) in [5.74, 6) is 0.202.